The van der Waals surface area contributed by atoms with Crippen molar-refractivity contribution < 1.29 is 18.7 Å². The number of fused-ring (bicyclic) bond motifs is 1. The molecule has 0 aliphatic rings. The number of benzene rings is 2. The molecule has 0 atom stereocenters. The normalized spacial score (nSPS) is 10.7. The predicted octanol–water partition coefficient (Wildman–Crippen LogP) is 4.46. The summed E-state index contributed by atoms with van der Waals surface area (Å²) in [6, 6.07) is 18.7. The highest BCUT2D eigenvalue weighted by Crippen LogP contribution is 2.19. The van der Waals surface area contributed by atoms with Crippen LogP contribution in [0, 0.1) is 5.82 Å². The van der Waals surface area contributed by atoms with Gasteiger partial charge in [0.1, 0.15) is 29.6 Å². The summed E-state index contributed by atoms with van der Waals surface area (Å²) in [4.78, 5) is 16.6. The first kappa shape index (κ1) is 19.4. The van der Waals surface area contributed by atoms with Crippen LogP contribution in [0.25, 0.3) is 5.65 Å². The monoisotopic (exact) mass is 405 g/mol. The fourth-order valence-electron chi connectivity index (χ4n) is 2.89. The first-order valence-corrected chi connectivity index (χ1v) is 9.49. The van der Waals surface area contributed by atoms with Gasteiger partial charge in [-0.3, -0.25) is 4.79 Å². The van der Waals surface area contributed by atoms with Crippen molar-refractivity contribution in [3.8, 4) is 11.5 Å². The van der Waals surface area contributed by atoms with Crippen molar-refractivity contribution in [3.05, 3.63) is 90.6 Å². The molecule has 0 radical (unpaired) electrons. The number of nitrogens with zero attached hydrogens (tertiary/aromatic N) is 2. The Kier molecular flexibility index (Phi) is 5.89. The molecule has 0 bridgehead atoms. The van der Waals surface area contributed by atoms with Crippen LogP contribution in [-0.2, 0) is 11.4 Å². The van der Waals surface area contributed by atoms with Gasteiger partial charge in [-0.25, -0.2) is 9.37 Å². The zero-order valence-electron chi connectivity index (χ0n) is 16.1. The quantitative estimate of drug-likeness (QED) is 0.470. The van der Waals surface area contributed by atoms with Crippen molar-refractivity contribution in [2.24, 2.45) is 0 Å². The van der Waals surface area contributed by atoms with E-state index in [1.165, 1.54) is 24.3 Å². The summed E-state index contributed by atoms with van der Waals surface area (Å²) in [5.74, 6) is 0.636. The summed E-state index contributed by atoms with van der Waals surface area (Å²) < 4.78 is 26.1. The summed E-state index contributed by atoms with van der Waals surface area (Å²) in [5.41, 5.74) is 2.31. The Morgan fingerprint density at radius 3 is 2.70 bits per heavy atom. The van der Waals surface area contributed by atoms with E-state index in [2.05, 4.69) is 10.3 Å². The number of carbonyl (C=O) groups excluding carboxylic acids is 1. The lowest BCUT2D eigenvalue weighted by molar-refractivity contribution is -0.116. The Hall–Kier alpha value is -3.87. The Labute approximate surface area is 172 Å². The summed E-state index contributed by atoms with van der Waals surface area (Å²) in [6.07, 6.45) is 4.02. The van der Waals surface area contributed by atoms with Gasteiger partial charge < -0.3 is 19.2 Å². The maximum Gasteiger partial charge on any atom is 0.227 e. The molecule has 0 aliphatic carbocycles. The van der Waals surface area contributed by atoms with Crippen molar-refractivity contribution in [2.45, 2.75) is 13.0 Å². The van der Waals surface area contributed by atoms with E-state index in [4.69, 9.17) is 9.47 Å². The van der Waals surface area contributed by atoms with E-state index in [1.54, 1.807) is 12.1 Å². The first-order valence-electron chi connectivity index (χ1n) is 9.49. The highest BCUT2D eigenvalue weighted by atomic mass is 19.1. The number of rotatable bonds is 8. The molecule has 2 heterocycles. The summed E-state index contributed by atoms with van der Waals surface area (Å²) in [7, 11) is 0. The molecule has 7 heteroatoms. The minimum Gasteiger partial charge on any atom is -0.493 e. The van der Waals surface area contributed by atoms with E-state index in [1.807, 2.05) is 47.1 Å². The Bertz CT molecular complexity index is 1110. The predicted molar refractivity (Wildman–Crippen MR) is 111 cm³/mol. The maximum absolute atomic E-state index is 12.9. The van der Waals surface area contributed by atoms with Gasteiger partial charge in [0.15, 0.2) is 0 Å². The number of halogens is 1. The third-order valence-corrected chi connectivity index (χ3v) is 4.33. The molecule has 0 fully saturated rings. The van der Waals surface area contributed by atoms with Crippen molar-refractivity contribution in [1.82, 2.24) is 9.38 Å². The Morgan fingerprint density at radius 2 is 1.87 bits per heavy atom. The average molecular weight is 405 g/mol. The van der Waals surface area contributed by atoms with Gasteiger partial charge in [0.05, 0.1) is 18.7 Å². The van der Waals surface area contributed by atoms with Crippen LogP contribution in [0.15, 0.2) is 79.1 Å². The number of hydrogen-bond donors (Lipinski definition) is 1. The number of carbonyl (C=O) groups is 1. The molecule has 0 aliphatic heterocycles. The second-order valence-electron chi connectivity index (χ2n) is 6.62. The van der Waals surface area contributed by atoms with Gasteiger partial charge in [-0.15, -0.1) is 0 Å². The van der Waals surface area contributed by atoms with Gasteiger partial charge >= 0.3 is 0 Å². The van der Waals surface area contributed by atoms with E-state index < -0.39 is 0 Å². The molecule has 2 aromatic heterocycles. The van der Waals surface area contributed by atoms with Crippen LogP contribution in [0.3, 0.4) is 0 Å². The van der Waals surface area contributed by atoms with Crippen LogP contribution >= 0.6 is 0 Å². The summed E-state index contributed by atoms with van der Waals surface area (Å²) in [5, 5.41) is 2.82. The van der Waals surface area contributed by atoms with Crippen molar-refractivity contribution in [3.63, 3.8) is 0 Å². The molecule has 0 unspecified atom stereocenters. The van der Waals surface area contributed by atoms with Gasteiger partial charge in [-0.2, -0.15) is 0 Å². The SMILES string of the molecule is O=C(CCOc1ccc(F)cc1)Nc1cccc(OCc2cn3ccccc3n2)c1. The zero-order chi connectivity index (χ0) is 20.8. The number of hydrogen-bond acceptors (Lipinski definition) is 4. The number of nitrogens with one attached hydrogen (secondary N) is 1. The third-order valence-electron chi connectivity index (χ3n) is 4.33. The number of anilines is 1. The fourth-order valence-corrected chi connectivity index (χ4v) is 2.89. The molecule has 1 amide bonds. The van der Waals surface area contributed by atoms with Gasteiger partial charge in [-0.05, 0) is 48.5 Å². The van der Waals surface area contributed by atoms with Crippen molar-refractivity contribution in [2.75, 3.05) is 11.9 Å². The number of ether oxygens (including phenoxy) is 2. The van der Waals surface area contributed by atoms with E-state index in [0.717, 1.165) is 11.3 Å². The second kappa shape index (κ2) is 9.09. The topological polar surface area (TPSA) is 64.9 Å². The van der Waals surface area contributed by atoms with E-state index in [9.17, 15) is 9.18 Å². The molecular weight excluding hydrogens is 385 g/mol. The standard InChI is InChI=1S/C23H20FN3O3/c24-17-7-9-20(10-8-17)29-13-11-23(28)26-18-4-3-5-21(14-18)30-16-19-15-27-12-2-1-6-22(27)25-19/h1-10,12,14-15H,11,13,16H2,(H,26,28). The number of amides is 1. The summed E-state index contributed by atoms with van der Waals surface area (Å²) in [6.45, 7) is 0.520. The molecule has 30 heavy (non-hydrogen) atoms. The van der Waals surface area contributed by atoms with Gasteiger partial charge in [0.2, 0.25) is 5.91 Å². The Balaban J connectivity index is 1.27. The smallest absolute Gasteiger partial charge is 0.227 e. The van der Waals surface area contributed by atoms with E-state index in [0.29, 0.717) is 23.8 Å². The highest BCUT2D eigenvalue weighted by Gasteiger charge is 2.06. The van der Waals surface area contributed by atoms with Crippen molar-refractivity contribution >= 4 is 17.2 Å². The van der Waals surface area contributed by atoms with Crippen LogP contribution in [0.1, 0.15) is 12.1 Å². The molecular formula is C23H20FN3O3. The molecule has 1 N–H and O–H groups in total. The van der Waals surface area contributed by atoms with Crippen molar-refractivity contribution in [1.29, 1.82) is 0 Å². The fraction of sp³-hybridized carbons (Fsp3) is 0.130. The van der Waals surface area contributed by atoms with E-state index >= 15 is 0 Å². The lowest BCUT2D eigenvalue weighted by Gasteiger charge is -2.09. The number of pyridine rings is 1. The number of aromatic nitrogens is 2. The van der Waals surface area contributed by atoms with E-state index in [-0.39, 0.29) is 24.8 Å². The number of imidazole rings is 1. The van der Waals surface area contributed by atoms with Gasteiger partial charge in [-0.1, -0.05) is 12.1 Å². The van der Waals surface area contributed by atoms with Crippen LogP contribution in [0.5, 0.6) is 11.5 Å². The lowest BCUT2D eigenvalue weighted by Crippen LogP contribution is -2.15. The minimum absolute atomic E-state index is 0.170. The minimum atomic E-state index is -0.330. The largest absolute Gasteiger partial charge is 0.493 e. The van der Waals surface area contributed by atoms with Crippen LogP contribution < -0.4 is 14.8 Å². The van der Waals surface area contributed by atoms with Crippen LogP contribution in [0.2, 0.25) is 0 Å². The lowest BCUT2D eigenvalue weighted by atomic mass is 10.3. The molecule has 4 rings (SSSR count). The molecule has 6 nitrogen and oxygen atoms in total. The molecule has 4 aromatic rings. The molecule has 2 aromatic carbocycles. The zero-order valence-corrected chi connectivity index (χ0v) is 16.1. The van der Waals surface area contributed by atoms with Crippen LogP contribution in [0.4, 0.5) is 10.1 Å². The average Bonchev–Trinajstić information content (AvgIpc) is 3.17. The summed E-state index contributed by atoms with van der Waals surface area (Å²) >= 11 is 0. The molecule has 152 valence electrons. The maximum atomic E-state index is 12.9. The molecule has 0 spiro atoms. The molecule has 0 saturated heterocycles. The van der Waals surface area contributed by atoms with Gasteiger partial charge in [0.25, 0.3) is 0 Å². The third kappa shape index (κ3) is 5.14. The Morgan fingerprint density at radius 1 is 1.00 bits per heavy atom. The second-order valence-corrected chi connectivity index (χ2v) is 6.62. The van der Waals surface area contributed by atoms with Gasteiger partial charge in [0, 0.05) is 24.1 Å². The highest BCUT2D eigenvalue weighted by molar-refractivity contribution is 5.90. The first-order chi connectivity index (χ1) is 14.7. The van der Waals surface area contributed by atoms with Crippen LogP contribution in [-0.4, -0.2) is 21.9 Å². The molecule has 0 saturated carbocycles.